The molecule has 2 rings (SSSR count). The van der Waals surface area contributed by atoms with E-state index in [2.05, 4.69) is 6.92 Å². The SMILES string of the molecule is CCCc1c(CN)oc2c(Cl)ccc(Cl)c12. The predicted molar refractivity (Wildman–Crippen MR) is 68.1 cm³/mol. The van der Waals surface area contributed by atoms with E-state index in [9.17, 15) is 0 Å². The first-order chi connectivity index (χ1) is 7.69. The maximum absolute atomic E-state index is 6.18. The van der Waals surface area contributed by atoms with Crippen LogP contribution in [0.1, 0.15) is 24.7 Å². The Balaban J connectivity index is 2.78. The van der Waals surface area contributed by atoms with Crippen LogP contribution in [0.4, 0.5) is 0 Å². The number of nitrogens with two attached hydrogens (primary N) is 1. The molecule has 86 valence electrons. The minimum Gasteiger partial charge on any atom is -0.458 e. The fourth-order valence-electron chi connectivity index (χ4n) is 1.92. The second kappa shape index (κ2) is 4.66. The van der Waals surface area contributed by atoms with E-state index in [1.807, 2.05) is 0 Å². The van der Waals surface area contributed by atoms with Crippen molar-refractivity contribution in [3.05, 3.63) is 33.5 Å². The van der Waals surface area contributed by atoms with E-state index in [0.29, 0.717) is 22.2 Å². The monoisotopic (exact) mass is 257 g/mol. The summed E-state index contributed by atoms with van der Waals surface area (Å²) in [6, 6.07) is 3.53. The Kier molecular flexibility index (Phi) is 3.43. The van der Waals surface area contributed by atoms with Gasteiger partial charge in [-0.1, -0.05) is 36.5 Å². The zero-order valence-electron chi connectivity index (χ0n) is 9.02. The second-order valence-corrected chi connectivity index (χ2v) is 4.51. The summed E-state index contributed by atoms with van der Waals surface area (Å²) in [4.78, 5) is 0. The van der Waals surface area contributed by atoms with E-state index in [1.54, 1.807) is 12.1 Å². The number of furan rings is 1. The summed E-state index contributed by atoms with van der Waals surface area (Å²) in [6.45, 7) is 2.48. The molecule has 0 bridgehead atoms. The highest BCUT2D eigenvalue weighted by atomic mass is 35.5. The van der Waals surface area contributed by atoms with E-state index in [0.717, 1.165) is 29.6 Å². The van der Waals surface area contributed by atoms with Crippen molar-refractivity contribution < 1.29 is 4.42 Å². The Labute approximate surface area is 104 Å². The lowest BCUT2D eigenvalue weighted by atomic mass is 10.1. The van der Waals surface area contributed by atoms with Crippen LogP contribution in [0, 0.1) is 0 Å². The van der Waals surface area contributed by atoms with Crippen molar-refractivity contribution >= 4 is 34.2 Å². The van der Waals surface area contributed by atoms with Gasteiger partial charge in [0.1, 0.15) is 5.76 Å². The molecule has 0 aliphatic heterocycles. The van der Waals surface area contributed by atoms with Crippen LogP contribution in [0.5, 0.6) is 0 Å². The number of aryl methyl sites for hydroxylation is 1. The maximum Gasteiger partial charge on any atom is 0.154 e. The minimum absolute atomic E-state index is 0.372. The normalized spacial score (nSPS) is 11.2. The van der Waals surface area contributed by atoms with E-state index < -0.39 is 0 Å². The van der Waals surface area contributed by atoms with E-state index in [-0.39, 0.29) is 0 Å². The number of halogens is 2. The molecular formula is C12H13Cl2NO. The largest absolute Gasteiger partial charge is 0.458 e. The van der Waals surface area contributed by atoms with E-state index in [1.165, 1.54) is 0 Å². The molecule has 4 heteroatoms. The molecule has 0 radical (unpaired) electrons. The molecular weight excluding hydrogens is 245 g/mol. The molecule has 1 aromatic carbocycles. The lowest BCUT2D eigenvalue weighted by Crippen LogP contribution is -1.98. The molecule has 0 spiro atoms. The van der Waals surface area contributed by atoms with Crippen molar-refractivity contribution in [1.29, 1.82) is 0 Å². The summed E-state index contributed by atoms with van der Waals surface area (Å²) in [5, 5.41) is 2.17. The standard InChI is InChI=1S/C12H13Cl2NO/c1-2-3-7-10(6-15)16-12-9(14)5-4-8(13)11(7)12/h4-5H,2-3,6,15H2,1H3. The van der Waals surface area contributed by atoms with Crippen molar-refractivity contribution in [3.8, 4) is 0 Å². The first-order valence-electron chi connectivity index (χ1n) is 5.27. The van der Waals surface area contributed by atoms with Crippen LogP contribution in [-0.4, -0.2) is 0 Å². The lowest BCUT2D eigenvalue weighted by Gasteiger charge is -1.99. The van der Waals surface area contributed by atoms with Crippen LogP contribution in [0.3, 0.4) is 0 Å². The van der Waals surface area contributed by atoms with Crippen molar-refractivity contribution in [3.63, 3.8) is 0 Å². The fraction of sp³-hybridized carbons (Fsp3) is 0.333. The molecule has 2 N–H and O–H groups in total. The third-order valence-electron chi connectivity index (χ3n) is 2.61. The number of fused-ring (bicyclic) bond motifs is 1. The van der Waals surface area contributed by atoms with Gasteiger partial charge in [-0.25, -0.2) is 0 Å². The summed E-state index contributed by atoms with van der Waals surface area (Å²) in [6.07, 6.45) is 1.92. The molecule has 0 aliphatic carbocycles. The Bertz CT molecular complexity index is 519. The summed E-state index contributed by atoms with van der Waals surface area (Å²) in [5.41, 5.74) is 7.41. The average molecular weight is 258 g/mol. The van der Waals surface area contributed by atoms with Crippen LogP contribution in [-0.2, 0) is 13.0 Å². The first kappa shape index (κ1) is 11.8. The maximum atomic E-state index is 6.18. The van der Waals surface area contributed by atoms with Crippen molar-refractivity contribution in [2.45, 2.75) is 26.3 Å². The smallest absolute Gasteiger partial charge is 0.154 e. The van der Waals surface area contributed by atoms with Gasteiger partial charge in [0.05, 0.1) is 16.6 Å². The quantitative estimate of drug-likeness (QED) is 0.898. The number of benzene rings is 1. The molecule has 0 saturated carbocycles. The van der Waals surface area contributed by atoms with Gasteiger partial charge in [0.25, 0.3) is 0 Å². The topological polar surface area (TPSA) is 39.2 Å². The molecule has 2 aromatic rings. The Morgan fingerprint density at radius 2 is 1.94 bits per heavy atom. The van der Waals surface area contributed by atoms with Crippen LogP contribution in [0.15, 0.2) is 16.5 Å². The third kappa shape index (κ3) is 1.81. The van der Waals surface area contributed by atoms with Gasteiger partial charge >= 0.3 is 0 Å². The number of hydrogen-bond donors (Lipinski definition) is 1. The van der Waals surface area contributed by atoms with E-state index in [4.69, 9.17) is 33.4 Å². The molecule has 0 atom stereocenters. The molecule has 0 amide bonds. The van der Waals surface area contributed by atoms with Crippen LogP contribution in [0.2, 0.25) is 10.0 Å². The molecule has 0 unspecified atom stereocenters. The summed E-state index contributed by atoms with van der Waals surface area (Å²) in [7, 11) is 0. The highest BCUT2D eigenvalue weighted by Crippen LogP contribution is 2.36. The zero-order valence-corrected chi connectivity index (χ0v) is 10.5. The van der Waals surface area contributed by atoms with Crippen molar-refractivity contribution in [2.75, 3.05) is 0 Å². The van der Waals surface area contributed by atoms with Gasteiger partial charge in [-0.15, -0.1) is 0 Å². The van der Waals surface area contributed by atoms with Crippen LogP contribution in [0.25, 0.3) is 11.0 Å². The second-order valence-electron chi connectivity index (χ2n) is 3.69. The molecule has 16 heavy (non-hydrogen) atoms. The number of rotatable bonds is 3. The number of hydrogen-bond acceptors (Lipinski definition) is 2. The molecule has 0 fully saturated rings. The highest BCUT2D eigenvalue weighted by Gasteiger charge is 2.17. The van der Waals surface area contributed by atoms with Gasteiger partial charge < -0.3 is 10.2 Å². The molecule has 0 aliphatic rings. The summed E-state index contributed by atoms with van der Waals surface area (Å²) >= 11 is 12.3. The first-order valence-corrected chi connectivity index (χ1v) is 6.03. The van der Waals surface area contributed by atoms with Crippen LogP contribution < -0.4 is 5.73 Å². The third-order valence-corrected chi connectivity index (χ3v) is 3.22. The van der Waals surface area contributed by atoms with Gasteiger partial charge in [0.15, 0.2) is 5.58 Å². The Morgan fingerprint density at radius 3 is 2.56 bits per heavy atom. The summed E-state index contributed by atoms with van der Waals surface area (Å²) in [5.74, 6) is 0.784. The zero-order chi connectivity index (χ0) is 11.7. The van der Waals surface area contributed by atoms with Crippen molar-refractivity contribution in [2.24, 2.45) is 5.73 Å². The fourth-order valence-corrected chi connectivity index (χ4v) is 2.38. The van der Waals surface area contributed by atoms with Crippen molar-refractivity contribution in [1.82, 2.24) is 0 Å². The van der Waals surface area contributed by atoms with Gasteiger partial charge in [-0.05, 0) is 18.6 Å². The minimum atomic E-state index is 0.372. The van der Waals surface area contributed by atoms with Gasteiger partial charge in [0.2, 0.25) is 0 Å². The van der Waals surface area contributed by atoms with Gasteiger partial charge in [0, 0.05) is 10.9 Å². The highest BCUT2D eigenvalue weighted by molar-refractivity contribution is 6.40. The molecule has 2 nitrogen and oxygen atoms in total. The Morgan fingerprint density at radius 1 is 1.25 bits per heavy atom. The summed E-state index contributed by atoms with van der Waals surface area (Å²) < 4.78 is 5.67. The molecule has 1 aromatic heterocycles. The molecule has 0 saturated heterocycles. The molecule has 1 heterocycles. The Hall–Kier alpha value is -0.700. The van der Waals surface area contributed by atoms with E-state index >= 15 is 0 Å². The predicted octanol–water partition coefficient (Wildman–Crippen LogP) is 4.15. The van der Waals surface area contributed by atoms with Crippen LogP contribution >= 0.6 is 23.2 Å². The average Bonchev–Trinajstić information content (AvgIpc) is 2.64. The van der Waals surface area contributed by atoms with Gasteiger partial charge in [-0.3, -0.25) is 0 Å². The van der Waals surface area contributed by atoms with Gasteiger partial charge in [-0.2, -0.15) is 0 Å². The lowest BCUT2D eigenvalue weighted by molar-refractivity contribution is 0.545.